The van der Waals surface area contributed by atoms with E-state index in [9.17, 15) is 9.59 Å². The van der Waals surface area contributed by atoms with Crippen molar-refractivity contribution in [3.05, 3.63) is 53.2 Å². The Morgan fingerprint density at radius 3 is 2.65 bits per heavy atom. The lowest BCUT2D eigenvalue weighted by atomic mass is 10.1. The zero-order valence-corrected chi connectivity index (χ0v) is 12.9. The molecule has 0 bridgehead atoms. The molecule has 2 aromatic rings. The van der Waals surface area contributed by atoms with Crippen LogP contribution in [0.15, 0.2) is 34.7 Å². The van der Waals surface area contributed by atoms with Crippen molar-refractivity contribution in [2.45, 2.75) is 19.4 Å². The van der Waals surface area contributed by atoms with Gasteiger partial charge in [-0.1, -0.05) is 6.07 Å². The number of carboxylic acids is 1. The number of pyridine rings is 1. The Hall–Kier alpha value is -2.67. The zero-order chi connectivity index (χ0) is 16.8. The zero-order valence-electron chi connectivity index (χ0n) is 12.9. The molecule has 0 spiro atoms. The van der Waals surface area contributed by atoms with Gasteiger partial charge in [-0.25, -0.2) is 9.78 Å². The molecule has 0 saturated heterocycles. The number of methoxy groups -OCH3 is 1. The number of ether oxygens (including phenoxy) is 1. The van der Waals surface area contributed by atoms with Crippen LogP contribution in [0.3, 0.4) is 0 Å². The largest absolute Gasteiger partial charge is 0.477 e. The van der Waals surface area contributed by atoms with Crippen LogP contribution in [0.1, 0.15) is 45.0 Å². The van der Waals surface area contributed by atoms with Gasteiger partial charge in [-0.3, -0.25) is 4.79 Å². The van der Waals surface area contributed by atoms with Gasteiger partial charge in [-0.05, 0) is 37.6 Å². The Kier molecular flexibility index (Phi) is 5.48. The Labute approximate surface area is 133 Å². The van der Waals surface area contributed by atoms with E-state index in [1.807, 2.05) is 13.0 Å². The predicted octanol–water partition coefficient (Wildman–Crippen LogP) is 2.19. The minimum atomic E-state index is -1.18. The van der Waals surface area contributed by atoms with Crippen molar-refractivity contribution < 1.29 is 23.8 Å². The van der Waals surface area contributed by atoms with Crippen molar-refractivity contribution in [2.75, 3.05) is 13.7 Å². The Bertz CT molecular complexity index is 695. The molecule has 0 saturated carbocycles. The van der Waals surface area contributed by atoms with E-state index in [0.717, 1.165) is 5.76 Å². The standard InChI is InChI=1S/C16H18N2O5/c1-10-6-7-14(23-10)11(8-9-22-2)18-15(19)12-4-3-5-13(17-12)16(20)21/h3-7,11H,8-9H2,1-2H3,(H,18,19)(H,20,21). The van der Waals surface area contributed by atoms with E-state index < -0.39 is 11.9 Å². The van der Waals surface area contributed by atoms with Crippen molar-refractivity contribution in [1.29, 1.82) is 0 Å². The maximum absolute atomic E-state index is 12.3. The van der Waals surface area contributed by atoms with Crippen LogP contribution in [0, 0.1) is 6.92 Å². The third-order valence-corrected chi connectivity index (χ3v) is 3.22. The second-order valence-electron chi connectivity index (χ2n) is 4.97. The van der Waals surface area contributed by atoms with E-state index in [2.05, 4.69) is 10.3 Å². The highest BCUT2D eigenvalue weighted by molar-refractivity contribution is 5.94. The van der Waals surface area contributed by atoms with E-state index in [-0.39, 0.29) is 17.4 Å². The molecule has 2 aromatic heterocycles. The third-order valence-electron chi connectivity index (χ3n) is 3.22. The number of rotatable bonds is 7. The topological polar surface area (TPSA) is 102 Å². The molecule has 7 heteroatoms. The van der Waals surface area contributed by atoms with Crippen LogP contribution in [0.2, 0.25) is 0 Å². The molecule has 0 radical (unpaired) electrons. The number of aromatic nitrogens is 1. The van der Waals surface area contributed by atoms with Crippen molar-refractivity contribution >= 4 is 11.9 Å². The highest BCUT2D eigenvalue weighted by atomic mass is 16.5. The van der Waals surface area contributed by atoms with Crippen molar-refractivity contribution in [3.63, 3.8) is 0 Å². The van der Waals surface area contributed by atoms with Crippen LogP contribution in [0.25, 0.3) is 0 Å². The molecule has 23 heavy (non-hydrogen) atoms. The summed E-state index contributed by atoms with van der Waals surface area (Å²) in [6.45, 7) is 2.25. The van der Waals surface area contributed by atoms with E-state index in [1.54, 1.807) is 13.2 Å². The van der Waals surface area contributed by atoms with Crippen LogP contribution in [-0.2, 0) is 4.74 Å². The molecule has 2 rings (SSSR count). The predicted molar refractivity (Wildman–Crippen MR) is 81.3 cm³/mol. The summed E-state index contributed by atoms with van der Waals surface area (Å²) in [5, 5.41) is 11.7. The third kappa shape index (κ3) is 4.40. The number of nitrogens with one attached hydrogen (secondary N) is 1. The average molecular weight is 318 g/mol. The van der Waals surface area contributed by atoms with Gasteiger partial charge in [0.15, 0.2) is 0 Å². The van der Waals surface area contributed by atoms with Gasteiger partial charge >= 0.3 is 5.97 Å². The van der Waals surface area contributed by atoms with Crippen molar-refractivity contribution in [3.8, 4) is 0 Å². The quantitative estimate of drug-likeness (QED) is 0.811. The molecular weight excluding hydrogens is 300 g/mol. The Balaban J connectivity index is 2.16. The van der Waals surface area contributed by atoms with Gasteiger partial charge in [-0.15, -0.1) is 0 Å². The second-order valence-corrected chi connectivity index (χ2v) is 4.97. The summed E-state index contributed by atoms with van der Waals surface area (Å²) < 4.78 is 10.6. The van der Waals surface area contributed by atoms with Crippen molar-refractivity contribution in [1.82, 2.24) is 10.3 Å². The number of hydrogen-bond acceptors (Lipinski definition) is 5. The van der Waals surface area contributed by atoms with Gasteiger partial charge < -0.3 is 19.6 Å². The first-order chi connectivity index (χ1) is 11.0. The normalized spacial score (nSPS) is 11.9. The molecule has 0 aliphatic carbocycles. The number of amides is 1. The highest BCUT2D eigenvalue weighted by Crippen LogP contribution is 2.20. The molecule has 2 heterocycles. The lowest BCUT2D eigenvalue weighted by Gasteiger charge is -2.16. The number of aromatic carboxylic acids is 1. The number of nitrogens with zero attached hydrogens (tertiary/aromatic N) is 1. The van der Waals surface area contributed by atoms with Crippen LogP contribution < -0.4 is 5.32 Å². The lowest BCUT2D eigenvalue weighted by molar-refractivity contribution is 0.0690. The fourth-order valence-electron chi connectivity index (χ4n) is 2.07. The SMILES string of the molecule is COCCC(NC(=O)c1cccc(C(=O)O)n1)c1ccc(C)o1. The second kappa shape index (κ2) is 7.55. The summed E-state index contributed by atoms with van der Waals surface area (Å²) in [7, 11) is 1.57. The molecule has 2 N–H and O–H groups in total. The molecular formula is C16H18N2O5. The number of aryl methyl sites for hydroxylation is 1. The number of furan rings is 1. The fraction of sp³-hybridized carbons (Fsp3) is 0.312. The lowest BCUT2D eigenvalue weighted by Crippen LogP contribution is -2.30. The molecule has 1 amide bonds. The van der Waals surface area contributed by atoms with Crippen LogP contribution in [0.5, 0.6) is 0 Å². The summed E-state index contributed by atoms with van der Waals surface area (Å²) in [6.07, 6.45) is 0.522. The summed E-state index contributed by atoms with van der Waals surface area (Å²) in [5.41, 5.74) is -0.143. The van der Waals surface area contributed by atoms with Crippen LogP contribution in [0.4, 0.5) is 0 Å². The van der Waals surface area contributed by atoms with Gasteiger partial charge in [0.1, 0.15) is 22.9 Å². The van der Waals surface area contributed by atoms with Crippen molar-refractivity contribution in [2.24, 2.45) is 0 Å². The molecule has 7 nitrogen and oxygen atoms in total. The van der Waals surface area contributed by atoms with E-state index in [4.69, 9.17) is 14.3 Å². The molecule has 0 fully saturated rings. The van der Waals surface area contributed by atoms with Gasteiger partial charge in [0, 0.05) is 13.7 Å². The minimum absolute atomic E-state index is 0.0376. The molecule has 0 aliphatic heterocycles. The number of carboxylic acid groups (broad SMARTS) is 1. The Morgan fingerprint density at radius 1 is 1.30 bits per heavy atom. The van der Waals surface area contributed by atoms with E-state index in [1.165, 1.54) is 18.2 Å². The molecule has 0 aromatic carbocycles. The molecule has 1 atom stereocenters. The maximum Gasteiger partial charge on any atom is 0.354 e. The van der Waals surface area contributed by atoms with Crippen LogP contribution >= 0.6 is 0 Å². The minimum Gasteiger partial charge on any atom is -0.477 e. The molecule has 122 valence electrons. The van der Waals surface area contributed by atoms with E-state index in [0.29, 0.717) is 18.8 Å². The summed E-state index contributed by atoms with van der Waals surface area (Å²) in [4.78, 5) is 27.1. The average Bonchev–Trinajstić information content (AvgIpc) is 2.97. The van der Waals surface area contributed by atoms with Gasteiger partial charge in [0.05, 0.1) is 6.04 Å². The number of carbonyl (C=O) groups is 2. The monoisotopic (exact) mass is 318 g/mol. The van der Waals surface area contributed by atoms with Gasteiger partial charge in [0.25, 0.3) is 5.91 Å². The first-order valence-corrected chi connectivity index (χ1v) is 7.07. The maximum atomic E-state index is 12.3. The highest BCUT2D eigenvalue weighted by Gasteiger charge is 2.20. The van der Waals surface area contributed by atoms with Gasteiger partial charge in [0.2, 0.25) is 0 Å². The first kappa shape index (κ1) is 16.7. The Morgan fingerprint density at radius 2 is 2.04 bits per heavy atom. The van der Waals surface area contributed by atoms with Gasteiger partial charge in [-0.2, -0.15) is 0 Å². The first-order valence-electron chi connectivity index (χ1n) is 7.07. The summed E-state index contributed by atoms with van der Waals surface area (Å²) in [5.74, 6) is -0.301. The molecule has 0 aliphatic rings. The smallest absolute Gasteiger partial charge is 0.354 e. The summed E-state index contributed by atoms with van der Waals surface area (Å²) >= 11 is 0. The van der Waals surface area contributed by atoms with Crippen LogP contribution in [-0.4, -0.2) is 35.7 Å². The number of carbonyl (C=O) groups excluding carboxylic acids is 1. The summed E-state index contributed by atoms with van der Waals surface area (Å²) in [6, 6.07) is 7.49. The molecule has 1 unspecified atom stereocenters. The number of hydrogen-bond donors (Lipinski definition) is 2. The van der Waals surface area contributed by atoms with E-state index >= 15 is 0 Å². The fourth-order valence-corrected chi connectivity index (χ4v) is 2.07.